The molecule has 0 radical (unpaired) electrons. The highest BCUT2D eigenvalue weighted by atomic mass is 32.1. The fraction of sp³-hybridized carbons (Fsp3) is 0.208. The molecule has 30 heavy (non-hydrogen) atoms. The number of carbonyl (C=O) groups is 1. The Morgan fingerprint density at radius 1 is 1.10 bits per heavy atom. The molecule has 1 N–H and O–H groups in total. The van der Waals surface area contributed by atoms with Crippen LogP contribution in [0, 0.1) is 6.92 Å². The minimum atomic E-state index is -0.103. The third kappa shape index (κ3) is 4.49. The maximum absolute atomic E-state index is 13.1. The van der Waals surface area contributed by atoms with Gasteiger partial charge in [-0.1, -0.05) is 60.2 Å². The Morgan fingerprint density at radius 3 is 2.63 bits per heavy atom. The van der Waals surface area contributed by atoms with Crippen LogP contribution in [0.5, 0.6) is 0 Å². The zero-order valence-corrected chi connectivity index (χ0v) is 17.6. The van der Waals surface area contributed by atoms with Crippen molar-refractivity contribution in [3.05, 3.63) is 87.8 Å². The predicted molar refractivity (Wildman–Crippen MR) is 122 cm³/mol. The molecule has 0 spiro atoms. The van der Waals surface area contributed by atoms with Crippen LogP contribution in [-0.4, -0.2) is 22.0 Å². The van der Waals surface area contributed by atoms with Gasteiger partial charge in [0.15, 0.2) is 0 Å². The van der Waals surface area contributed by atoms with Gasteiger partial charge in [-0.2, -0.15) is 0 Å². The quantitative estimate of drug-likeness (QED) is 0.491. The van der Waals surface area contributed by atoms with Gasteiger partial charge in [0.05, 0.1) is 11.7 Å². The number of fused-ring (bicyclic) bond motifs is 1. The average Bonchev–Trinajstić information content (AvgIpc) is 3.19. The van der Waals surface area contributed by atoms with Gasteiger partial charge in [0, 0.05) is 30.5 Å². The Kier molecular flexibility index (Phi) is 6.05. The van der Waals surface area contributed by atoms with Crippen LogP contribution in [0.4, 0.5) is 0 Å². The first-order valence-corrected chi connectivity index (χ1v) is 10.8. The van der Waals surface area contributed by atoms with E-state index in [1.165, 1.54) is 33.4 Å². The van der Waals surface area contributed by atoms with Gasteiger partial charge in [-0.15, -0.1) is 11.3 Å². The van der Waals surface area contributed by atoms with Crippen molar-refractivity contribution in [2.75, 3.05) is 6.54 Å². The molecule has 0 saturated heterocycles. The molecule has 6 heteroatoms. The van der Waals surface area contributed by atoms with Gasteiger partial charge in [0.1, 0.15) is 4.83 Å². The Labute approximate surface area is 179 Å². The second kappa shape index (κ2) is 9.05. The van der Waals surface area contributed by atoms with E-state index in [4.69, 9.17) is 0 Å². The zero-order valence-electron chi connectivity index (χ0n) is 16.8. The van der Waals surface area contributed by atoms with Crippen LogP contribution in [0.1, 0.15) is 17.5 Å². The minimum absolute atomic E-state index is 0.0676. The van der Waals surface area contributed by atoms with Crippen LogP contribution in [-0.2, 0) is 17.8 Å². The molecular weight excluding hydrogens is 394 g/mol. The lowest BCUT2D eigenvalue weighted by atomic mass is 10.1. The SMILES string of the molecule is Cc1ccc(-c2csc3ncn(CCC(=O)NCCc4ccccc4)c(=O)c23)cc1. The van der Waals surface area contributed by atoms with Crippen LogP contribution in [0.15, 0.2) is 71.1 Å². The van der Waals surface area contributed by atoms with E-state index in [2.05, 4.69) is 10.3 Å². The zero-order chi connectivity index (χ0) is 20.9. The summed E-state index contributed by atoms with van der Waals surface area (Å²) in [7, 11) is 0. The van der Waals surface area contributed by atoms with Crippen molar-refractivity contribution >= 4 is 27.5 Å². The minimum Gasteiger partial charge on any atom is -0.356 e. The maximum Gasteiger partial charge on any atom is 0.262 e. The number of nitrogens with zero attached hydrogens (tertiary/aromatic N) is 2. The van der Waals surface area contributed by atoms with Crippen molar-refractivity contribution in [2.24, 2.45) is 0 Å². The molecule has 5 nitrogen and oxygen atoms in total. The summed E-state index contributed by atoms with van der Waals surface area (Å²) in [6.45, 7) is 2.92. The van der Waals surface area contributed by atoms with Crippen molar-refractivity contribution in [3.63, 3.8) is 0 Å². The number of thiophene rings is 1. The smallest absolute Gasteiger partial charge is 0.262 e. The summed E-state index contributed by atoms with van der Waals surface area (Å²) in [4.78, 5) is 30.4. The van der Waals surface area contributed by atoms with Crippen molar-refractivity contribution in [3.8, 4) is 11.1 Å². The number of benzene rings is 2. The fourth-order valence-corrected chi connectivity index (χ4v) is 4.28. The van der Waals surface area contributed by atoms with Gasteiger partial charge in [-0.25, -0.2) is 4.98 Å². The van der Waals surface area contributed by atoms with Gasteiger partial charge in [0.25, 0.3) is 5.56 Å². The number of hydrogen-bond acceptors (Lipinski definition) is 4. The van der Waals surface area contributed by atoms with Crippen LogP contribution >= 0.6 is 11.3 Å². The number of rotatable bonds is 7. The van der Waals surface area contributed by atoms with Gasteiger partial charge in [-0.3, -0.25) is 14.2 Å². The summed E-state index contributed by atoms with van der Waals surface area (Å²) in [6.07, 6.45) is 2.57. The summed E-state index contributed by atoms with van der Waals surface area (Å²) in [6, 6.07) is 18.1. The van der Waals surface area contributed by atoms with E-state index in [0.29, 0.717) is 18.5 Å². The highest BCUT2D eigenvalue weighted by Crippen LogP contribution is 2.30. The van der Waals surface area contributed by atoms with E-state index in [1.54, 1.807) is 0 Å². The van der Waals surface area contributed by atoms with Crippen LogP contribution in [0.25, 0.3) is 21.3 Å². The molecule has 152 valence electrons. The van der Waals surface area contributed by atoms with Crippen molar-refractivity contribution in [2.45, 2.75) is 26.3 Å². The molecule has 2 heterocycles. The summed E-state index contributed by atoms with van der Waals surface area (Å²) < 4.78 is 1.53. The van der Waals surface area contributed by atoms with Crippen molar-refractivity contribution in [1.29, 1.82) is 0 Å². The topological polar surface area (TPSA) is 64.0 Å². The molecule has 0 atom stereocenters. The largest absolute Gasteiger partial charge is 0.356 e. The van der Waals surface area contributed by atoms with Crippen molar-refractivity contribution in [1.82, 2.24) is 14.9 Å². The molecule has 4 aromatic rings. The summed E-state index contributed by atoms with van der Waals surface area (Å²) in [5.74, 6) is -0.0676. The van der Waals surface area contributed by atoms with E-state index >= 15 is 0 Å². The summed E-state index contributed by atoms with van der Waals surface area (Å²) in [5.41, 5.74) is 4.15. The third-order valence-electron chi connectivity index (χ3n) is 5.08. The first kappa shape index (κ1) is 20.0. The molecule has 0 aliphatic heterocycles. The van der Waals surface area contributed by atoms with Crippen LogP contribution in [0.2, 0.25) is 0 Å². The lowest BCUT2D eigenvalue weighted by Crippen LogP contribution is -2.29. The van der Waals surface area contributed by atoms with E-state index in [0.717, 1.165) is 22.4 Å². The Hall–Kier alpha value is -3.25. The van der Waals surface area contributed by atoms with Gasteiger partial charge in [0.2, 0.25) is 5.91 Å². The number of hydrogen-bond donors (Lipinski definition) is 1. The average molecular weight is 418 g/mol. The molecule has 4 rings (SSSR count). The molecule has 0 bridgehead atoms. The molecular formula is C24H23N3O2S. The van der Waals surface area contributed by atoms with E-state index in [1.807, 2.05) is 66.9 Å². The normalized spacial score (nSPS) is 11.0. The molecule has 1 amide bonds. The Morgan fingerprint density at radius 2 is 1.87 bits per heavy atom. The molecule has 0 saturated carbocycles. The number of aromatic nitrogens is 2. The van der Waals surface area contributed by atoms with Gasteiger partial charge < -0.3 is 5.32 Å². The molecule has 0 aliphatic carbocycles. The highest BCUT2D eigenvalue weighted by molar-refractivity contribution is 7.17. The van der Waals surface area contributed by atoms with Crippen LogP contribution < -0.4 is 10.9 Å². The Bertz CT molecular complexity index is 1210. The molecule has 0 fully saturated rings. The van der Waals surface area contributed by atoms with Crippen LogP contribution in [0.3, 0.4) is 0 Å². The fourth-order valence-electron chi connectivity index (χ4n) is 3.37. The molecule has 2 aromatic heterocycles. The van der Waals surface area contributed by atoms with Gasteiger partial charge in [-0.05, 0) is 24.5 Å². The maximum atomic E-state index is 13.1. The summed E-state index contributed by atoms with van der Waals surface area (Å²) >= 11 is 1.47. The van der Waals surface area contributed by atoms with Gasteiger partial charge >= 0.3 is 0 Å². The standard InChI is InChI=1S/C24H23N3O2S/c1-17-7-9-19(10-8-17)20-15-30-23-22(20)24(29)27(16-26-23)14-12-21(28)25-13-11-18-5-3-2-4-6-18/h2-10,15-16H,11-14H2,1H3,(H,25,28). The number of aryl methyl sites for hydroxylation is 2. The molecule has 0 unspecified atom stereocenters. The number of carbonyl (C=O) groups excluding carboxylic acids is 1. The highest BCUT2D eigenvalue weighted by Gasteiger charge is 2.14. The van der Waals surface area contributed by atoms with E-state index in [-0.39, 0.29) is 17.9 Å². The second-order valence-electron chi connectivity index (χ2n) is 7.27. The monoisotopic (exact) mass is 417 g/mol. The Balaban J connectivity index is 1.43. The second-order valence-corrected chi connectivity index (χ2v) is 8.13. The number of nitrogens with one attached hydrogen (secondary N) is 1. The first-order valence-electron chi connectivity index (χ1n) is 9.96. The van der Waals surface area contributed by atoms with Crippen molar-refractivity contribution < 1.29 is 4.79 Å². The number of amides is 1. The molecule has 2 aromatic carbocycles. The predicted octanol–water partition coefficient (Wildman–Crippen LogP) is 4.18. The first-order chi connectivity index (χ1) is 14.6. The summed E-state index contributed by atoms with van der Waals surface area (Å²) in [5, 5.41) is 5.52. The van der Waals surface area contributed by atoms with E-state index < -0.39 is 0 Å². The lowest BCUT2D eigenvalue weighted by molar-refractivity contribution is -0.121. The third-order valence-corrected chi connectivity index (χ3v) is 5.97. The van der Waals surface area contributed by atoms with E-state index in [9.17, 15) is 9.59 Å². The molecule has 0 aliphatic rings. The lowest BCUT2D eigenvalue weighted by Gasteiger charge is -2.08.